The minimum Gasteiger partial charge on any atom is -0.339 e. The Balaban J connectivity index is 1.33. The van der Waals surface area contributed by atoms with Gasteiger partial charge in [0.25, 0.3) is 11.8 Å². The van der Waals surface area contributed by atoms with Gasteiger partial charge in [-0.05, 0) is 36.4 Å². The Hall–Kier alpha value is -2.74. The Labute approximate surface area is 178 Å². The van der Waals surface area contributed by atoms with Gasteiger partial charge in [0.15, 0.2) is 0 Å². The summed E-state index contributed by atoms with van der Waals surface area (Å²) in [6.07, 6.45) is 1.57. The Bertz CT molecular complexity index is 925. The molecule has 8 heteroatoms. The molecule has 2 aliphatic heterocycles. The minimum atomic E-state index is -0.529. The van der Waals surface area contributed by atoms with Crippen LogP contribution in [0, 0.1) is 11.7 Å². The third-order valence-electron chi connectivity index (χ3n) is 5.77. The molecule has 2 aliphatic rings. The Morgan fingerprint density at radius 3 is 2.30 bits per heavy atom. The number of piperazine rings is 1. The molecule has 3 heterocycles. The smallest absolute Gasteiger partial charge is 0.263 e. The lowest BCUT2D eigenvalue weighted by Gasteiger charge is -2.39. The van der Waals surface area contributed by atoms with Crippen LogP contribution in [0.3, 0.4) is 0 Å². The maximum atomic E-state index is 13.9. The Kier molecular flexibility index (Phi) is 6.13. The molecule has 2 saturated heterocycles. The SMILES string of the molecule is O=C(c1cccs1)N1CCC[C@@H](C(=O)N2CCN(C(=O)c3ccccc3F)CC2)C1. The lowest BCUT2D eigenvalue weighted by molar-refractivity contribution is -0.138. The molecule has 30 heavy (non-hydrogen) atoms. The lowest BCUT2D eigenvalue weighted by Crippen LogP contribution is -2.54. The molecular formula is C22H24FN3O3S. The van der Waals surface area contributed by atoms with Crippen LogP contribution in [0.15, 0.2) is 41.8 Å². The number of carbonyl (C=O) groups excluding carboxylic acids is 3. The summed E-state index contributed by atoms with van der Waals surface area (Å²) in [5.74, 6) is -1.06. The minimum absolute atomic E-state index is 0.0113. The van der Waals surface area contributed by atoms with Gasteiger partial charge in [-0.2, -0.15) is 0 Å². The molecule has 6 nitrogen and oxygen atoms in total. The van der Waals surface area contributed by atoms with Crippen LogP contribution in [-0.4, -0.2) is 71.7 Å². The first kappa shape index (κ1) is 20.5. The van der Waals surface area contributed by atoms with Crippen molar-refractivity contribution >= 4 is 29.1 Å². The number of halogens is 1. The molecule has 0 radical (unpaired) electrons. The summed E-state index contributed by atoms with van der Waals surface area (Å²) < 4.78 is 13.9. The lowest BCUT2D eigenvalue weighted by atomic mass is 9.96. The van der Waals surface area contributed by atoms with E-state index in [2.05, 4.69) is 0 Å². The molecule has 0 aliphatic carbocycles. The van der Waals surface area contributed by atoms with Gasteiger partial charge in [0.2, 0.25) is 5.91 Å². The Morgan fingerprint density at radius 2 is 1.60 bits per heavy atom. The molecule has 2 fully saturated rings. The van der Waals surface area contributed by atoms with Crippen molar-refractivity contribution in [2.45, 2.75) is 12.8 Å². The number of carbonyl (C=O) groups is 3. The molecule has 158 valence electrons. The van der Waals surface area contributed by atoms with Crippen LogP contribution in [-0.2, 0) is 4.79 Å². The summed E-state index contributed by atoms with van der Waals surface area (Å²) in [4.78, 5) is 44.1. The summed E-state index contributed by atoms with van der Waals surface area (Å²) >= 11 is 1.41. The van der Waals surface area contributed by atoms with E-state index in [-0.39, 0.29) is 29.2 Å². The largest absolute Gasteiger partial charge is 0.339 e. The maximum absolute atomic E-state index is 13.9. The molecule has 1 aromatic carbocycles. The molecule has 3 amide bonds. The monoisotopic (exact) mass is 429 g/mol. The average Bonchev–Trinajstić information content (AvgIpc) is 3.33. The fourth-order valence-corrected chi connectivity index (χ4v) is 4.80. The number of benzene rings is 1. The summed E-state index contributed by atoms with van der Waals surface area (Å²) in [7, 11) is 0. The summed E-state index contributed by atoms with van der Waals surface area (Å²) in [5, 5.41) is 1.88. The first-order valence-electron chi connectivity index (χ1n) is 10.2. The van der Waals surface area contributed by atoms with Crippen molar-refractivity contribution in [1.29, 1.82) is 0 Å². The van der Waals surface area contributed by atoms with E-state index in [0.717, 1.165) is 12.8 Å². The van der Waals surface area contributed by atoms with Crippen molar-refractivity contribution in [3.05, 3.63) is 58.0 Å². The van der Waals surface area contributed by atoms with E-state index in [4.69, 9.17) is 0 Å². The van der Waals surface area contributed by atoms with Crippen molar-refractivity contribution in [3.8, 4) is 0 Å². The normalized spacial score (nSPS) is 19.6. The van der Waals surface area contributed by atoms with E-state index in [1.807, 2.05) is 17.5 Å². The van der Waals surface area contributed by atoms with Crippen LogP contribution in [0.25, 0.3) is 0 Å². The van der Waals surface area contributed by atoms with Crippen molar-refractivity contribution in [2.24, 2.45) is 5.92 Å². The van der Waals surface area contributed by atoms with Crippen LogP contribution >= 0.6 is 11.3 Å². The highest BCUT2D eigenvalue weighted by molar-refractivity contribution is 7.12. The van der Waals surface area contributed by atoms with Crippen LogP contribution in [0.2, 0.25) is 0 Å². The van der Waals surface area contributed by atoms with Gasteiger partial charge < -0.3 is 14.7 Å². The molecule has 0 N–H and O–H groups in total. The van der Waals surface area contributed by atoms with Gasteiger partial charge in [0.1, 0.15) is 5.82 Å². The molecule has 0 saturated carbocycles. The first-order chi connectivity index (χ1) is 14.5. The standard InChI is InChI=1S/C22H24FN3O3S/c23-18-7-2-1-6-17(18)21(28)25-12-10-24(11-13-25)20(27)16-5-3-9-26(15-16)22(29)19-8-4-14-30-19/h1-2,4,6-8,14,16H,3,5,9-13,15H2/t16-/m1/s1. The fourth-order valence-electron chi connectivity index (χ4n) is 4.11. The van der Waals surface area contributed by atoms with E-state index < -0.39 is 5.82 Å². The number of hydrogen-bond acceptors (Lipinski definition) is 4. The molecule has 1 aromatic heterocycles. The zero-order chi connectivity index (χ0) is 21.1. The molecule has 0 unspecified atom stereocenters. The van der Waals surface area contributed by atoms with Crippen molar-refractivity contribution in [1.82, 2.24) is 14.7 Å². The summed E-state index contributed by atoms with van der Waals surface area (Å²) in [5.41, 5.74) is 0.0623. The molecule has 0 spiro atoms. The van der Waals surface area contributed by atoms with E-state index in [9.17, 15) is 18.8 Å². The van der Waals surface area contributed by atoms with Gasteiger partial charge in [-0.1, -0.05) is 18.2 Å². The van der Waals surface area contributed by atoms with Crippen molar-refractivity contribution in [3.63, 3.8) is 0 Å². The van der Waals surface area contributed by atoms with E-state index in [1.54, 1.807) is 26.8 Å². The molecule has 0 bridgehead atoms. The molecule has 1 atom stereocenters. The predicted molar refractivity (Wildman–Crippen MR) is 112 cm³/mol. The molecule has 2 aromatic rings. The number of hydrogen-bond donors (Lipinski definition) is 0. The number of rotatable bonds is 3. The van der Waals surface area contributed by atoms with Gasteiger partial charge in [0, 0.05) is 39.3 Å². The highest BCUT2D eigenvalue weighted by Crippen LogP contribution is 2.23. The summed E-state index contributed by atoms with van der Waals surface area (Å²) in [6.45, 7) is 2.71. The fraction of sp³-hybridized carbons (Fsp3) is 0.409. The third kappa shape index (κ3) is 4.23. The second kappa shape index (κ2) is 8.95. The van der Waals surface area contributed by atoms with E-state index in [1.165, 1.54) is 23.5 Å². The molecule has 4 rings (SSSR count). The van der Waals surface area contributed by atoms with Gasteiger partial charge in [0.05, 0.1) is 16.4 Å². The zero-order valence-corrected chi connectivity index (χ0v) is 17.4. The van der Waals surface area contributed by atoms with Gasteiger partial charge >= 0.3 is 0 Å². The molecular weight excluding hydrogens is 405 g/mol. The van der Waals surface area contributed by atoms with E-state index in [0.29, 0.717) is 44.1 Å². The number of piperidine rings is 1. The van der Waals surface area contributed by atoms with Crippen molar-refractivity contribution in [2.75, 3.05) is 39.3 Å². The van der Waals surface area contributed by atoms with E-state index >= 15 is 0 Å². The quantitative estimate of drug-likeness (QED) is 0.754. The second-order valence-corrected chi connectivity index (χ2v) is 8.61. The van der Waals surface area contributed by atoms with Crippen LogP contribution < -0.4 is 0 Å². The highest BCUT2D eigenvalue weighted by Gasteiger charge is 2.34. The average molecular weight is 430 g/mol. The zero-order valence-electron chi connectivity index (χ0n) is 16.6. The van der Waals surface area contributed by atoms with Crippen LogP contribution in [0.5, 0.6) is 0 Å². The van der Waals surface area contributed by atoms with Gasteiger partial charge in [-0.3, -0.25) is 14.4 Å². The number of amides is 3. The van der Waals surface area contributed by atoms with Crippen LogP contribution in [0.4, 0.5) is 4.39 Å². The number of likely N-dealkylation sites (tertiary alicyclic amines) is 1. The van der Waals surface area contributed by atoms with Crippen molar-refractivity contribution < 1.29 is 18.8 Å². The first-order valence-corrected chi connectivity index (χ1v) is 11.1. The Morgan fingerprint density at radius 1 is 0.867 bits per heavy atom. The van der Waals surface area contributed by atoms with Crippen LogP contribution in [0.1, 0.15) is 32.9 Å². The second-order valence-electron chi connectivity index (χ2n) is 7.66. The van der Waals surface area contributed by atoms with Gasteiger partial charge in [-0.25, -0.2) is 4.39 Å². The number of nitrogens with zero attached hydrogens (tertiary/aromatic N) is 3. The third-order valence-corrected chi connectivity index (χ3v) is 6.63. The topological polar surface area (TPSA) is 60.9 Å². The van der Waals surface area contributed by atoms with Gasteiger partial charge in [-0.15, -0.1) is 11.3 Å². The predicted octanol–water partition coefficient (Wildman–Crippen LogP) is 2.72. The highest BCUT2D eigenvalue weighted by atomic mass is 32.1. The number of thiophene rings is 1. The summed E-state index contributed by atoms with van der Waals surface area (Å²) in [6, 6.07) is 9.62. The maximum Gasteiger partial charge on any atom is 0.263 e.